The molecule has 1 aromatic heterocycles. The number of nitrogens with zero attached hydrogens (tertiary/aromatic N) is 1. The molecule has 0 aliphatic heterocycles. The van der Waals surface area contributed by atoms with Crippen LogP contribution in [0.25, 0.3) is 0 Å². The first-order valence-corrected chi connectivity index (χ1v) is 8.71. The van der Waals surface area contributed by atoms with Gasteiger partial charge < -0.3 is 9.84 Å². The lowest BCUT2D eigenvalue weighted by Gasteiger charge is -2.10. The van der Waals surface area contributed by atoms with Crippen molar-refractivity contribution in [2.24, 2.45) is 0 Å². The number of thiazole rings is 1. The van der Waals surface area contributed by atoms with Gasteiger partial charge in [0, 0.05) is 5.38 Å². The molecule has 5 nitrogen and oxygen atoms in total. The summed E-state index contributed by atoms with van der Waals surface area (Å²) in [5, 5.41) is 14.8. The molecule has 3 rings (SSSR count). The largest absolute Gasteiger partial charge is 0.507 e. The van der Waals surface area contributed by atoms with E-state index >= 15 is 0 Å². The molecule has 0 bridgehead atoms. The third-order valence-electron chi connectivity index (χ3n) is 3.40. The molecule has 1 amide bonds. The second-order valence-electron chi connectivity index (χ2n) is 5.39. The fraction of sp³-hybridized carbons (Fsp3) is 0.111. The number of halogens is 1. The number of phenolic OH excluding ortho intramolecular Hbond substituents is 1. The number of aromatic nitrogens is 1. The van der Waals surface area contributed by atoms with Gasteiger partial charge in [0.15, 0.2) is 5.13 Å². The Morgan fingerprint density at radius 1 is 1.32 bits per heavy atom. The number of aryl methyl sites for hydroxylation is 1. The summed E-state index contributed by atoms with van der Waals surface area (Å²) in [5.41, 5.74) is 2.28. The van der Waals surface area contributed by atoms with Crippen molar-refractivity contribution in [1.82, 2.24) is 4.98 Å². The maximum Gasteiger partial charge on any atom is 0.261 e. The average molecular weight is 375 g/mol. The summed E-state index contributed by atoms with van der Waals surface area (Å²) in [7, 11) is 0. The molecule has 7 heteroatoms. The number of phenols is 1. The predicted molar refractivity (Wildman–Crippen MR) is 98.7 cm³/mol. The van der Waals surface area contributed by atoms with Crippen LogP contribution in [0.4, 0.5) is 5.13 Å². The lowest BCUT2D eigenvalue weighted by atomic mass is 10.1. The highest BCUT2D eigenvalue weighted by Gasteiger charge is 2.14. The predicted octanol–water partition coefficient (Wildman–Crippen LogP) is 4.64. The van der Waals surface area contributed by atoms with Crippen molar-refractivity contribution in [3.05, 3.63) is 69.7 Å². The van der Waals surface area contributed by atoms with E-state index in [9.17, 15) is 9.90 Å². The highest BCUT2D eigenvalue weighted by Crippen LogP contribution is 2.26. The minimum atomic E-state index is -0.482. The SMILES string of the molecule is Cc1cccc(COc2ccc(O)c(C(=O)Nc3nc(Cl)cs3)c2)c1. The Bertz CT molecular complexity index is 911. The maximum atomic E-state index is 12.3. The fourth-order valence-electron chi connectivity index (χ4n) is 2.23. The van der Waals surface area contributed by atoms with Gasteiger partial charge in [0.1, 0.15) is 23.3 Å². The van der Waals surface area contributed by atoms with E-state index in [1.807, 2.05) is 31.2 Å². The number of carbonyl (C=O) groups is 1. The zero-order chi connectivity index (χ0) is 17.8. The topological polar surface area (TPSA) is 71.5 Å². The van der Waals surface area contributed by atoms with E-state index in [0.29, 0.717) is 22.6 Å². The quantitative estimate of drug-likeness (QED) is 0.682. The van der Waals surface area contributed by atoms with Gasteiger partial charge in [-0.3, -0.25) is 10.1 Å². The number of ether oxygens (including phenoxy) is 1. The van der Waals surface area contributed by atoms with Gasteiger partial charge in [-0.05, 0) is 30.7 Å². The van der Waals surface area contributed by atoms with Gasteiger partial charge in [0.05, 0.1) is 5.56 Å². The van der Waals surface area contributed by atoms with E-state index in [-0.39, 0.29) is 11.3 Å². The zero-order valence-corrected chi connectivity index (χ0v) is 14.9. The third kappa shape index (κ3) is 4.49. The molecule has 0 spiro atoms. The first kappa shape index (κ1) is 17.3. The summed E-state index contributed by atoms with van der Waals surface area (Å²) in [6.45, 7) is 2.38. The molecule has 0 saturated heterocycles. The number of benzene rings is 2. The summed E-state index contributed by atoms with van der Waals surface area (Å²) >= 11 is 6.94. The van der Waals surface area contributed by atoms with Crippen molar-refractivity contribution >= 4 is 34.0 Å². The van der Waals surface area contributed by atoms with Gasteiger partial charge >= 0.3 is 0 Å². The van der Waals surface area contributed by atoms with Crippen LogP contribution in [0.1, 0.15) is 21.5 Å². The van der Waals surface area contributed by atoms with Crippen molar-refractivity contribution in [2.45, 2.75) is 13.5 Å². The first-order chi connectivity index (χ1) is 12.0. The highest BCUT2D eigenvalue weighted by atomic mass is 35.5. The Labute approximate surface area is 153 Å². The third-order valence-corrected chi connectivity index (χ3v) is 4.48. The van der Waals surface area contributed by atoms with Crippen molar-refractivity contribution in [2.75, 3.05) is 5.32 Å². The van der Waals surface area contributed by atoms with E-state index in [1.165, 1.54) is 23.5 Å². The number of nitrogens with one attached hydrogen (secondary N) is 1. The number of amides is 1. The van der Waals surface area contributed by atoms with Crippen LogP contribution in [0, 0.1) is 6.92 Å². The minimum Gasteiger partial charge on any atom is -0.507 e. The molecule has 3 aromatic rings. The number of anilines is 1. The Morgan fingerprint density at radius 3 is 2.88 bits per heavy atom. The van der Waals surface area contributed by atoms with Crippen LogP contribution in [0.5, 0.6) is 11.5 Å². The average Bonchev–Trinajstić information content (AvgIpc) is 2.99. The van der Waals surface area contributed by atoms with Crippen molar-refractivity contribution < 1.29 is 14.6 Å². The van der Waals surface area contributed by atoms with Crippen LogP contribution in [-0.4, -0.2) is 16.0 Å². The van der Waals surface area contributed by atoms with Gasteiger partial charge in [0.2, 0.25) is 0 Å². The van der Waals surface area contributed by atoms with Crippen LogP contribution >= 0.6 is 22.9 Å². The maximum absolute atomic E-state index is 12.3. The molecule has 2 aromatic carbocycles. The van der Waals surface area contributed by atoms with Crippen molar-refractivity contribution in [3.8, 4) is 11.5 Å². The fourth-order valence-corrected chi connectivity index (χ4v) is 3.06. The molecule has 0 aliphatic carbocycles. The number of carbonyl (C=O) groups excluding carboxylic acids is 1. The molecular formula is C18H15ClN2O3S. The second kappa shape index (κ2) is 7.55. The Kier molecular flexibility index (Phi) is 5.21. The van der Waals surface area contributed by atoms with Crippen LogP contribution in [0.2, 0.25) is 5.15 Å². The first-order valence-electron chi connectivity index (χ1n) is 7.45. The Morgan fingerprint density at radius 2 is 2.16 bits per heavy atom. The summed E-state index contributed by atoms with van der Waals surface area (Å²) in [6, 6.07) is 12.5. The van der Waals surface area contributed by atoms with E-state index in [2.05, 4.69) is 10.3 Å². The molecular weight excluding hydrogens is 360 g/mol. The van der Waals surface area contributed by atoms with Crippen LogP contribution < -0.4 is 10.1 Å². The molecule has 0 radical (unpaired) electrons. The molecule has 0 unspecified atom stereocenters. The monoisotopic (exact) mass is 374 g/mol. The molecule has 0 aliphatic rings. The lowest BCUT2D eigenvalue weighted by molar-refractivity contribution is 0.102. The summed E-state index contributed by atoms with van der Waals surface area (Å²) < 4.78 is 5.72. The standard InChI is InChI=1S/C18H15ClN2O3S/c1-11-3-2-4-12(7-11)9-24-13-5-6-15(22)14(8-13)17(23)21-18-20-16(19)10-25-18/h2-8,10,22H,9H2,1H3,(H,20,21,23). The van der Waals surface area contributed by atoms with Crippen LogP contribution in [0.15, 0.2) is 47.8 Å². The zero-order valence-electron chi connectivity index (χ0n) is 13.3. The van der Waals surface area contributed by atoms with Gasteiger partial charge in [0.25, 0.3) is 5.91 Å². The molecule has 25 heavy (non-hydrogen) atoms. The van der Waals surface area contributed by atoms with Crippen LogP contribution in [0.3, 0.4) is 0 Å². The summed E-state index contributed by atoms with van der Waals surface area (Å²) in [6.07, 6.45) is 0. The molecule has 0 saturated carbocycles. The van der Waals surface area contributed by atoms with Crippen LogP contribution in [-0.2, 0) is 6.61 Å². The number of rotatable bonds is 5. The van der Waals surface area contributed by atoms with Crippen molar-refractivity contribution in [1.29, 1.82) is 0 Å². The van der Waals surface area contributed by atoms with Gasteiger partial charge in [-0.2, -0.15) is 0 Å². The number of hydrogen-bond acceptors (Lipinski definition) is 5. The number of hydrogen-bond donors (Lipinski definition) is 2. The normalized spacial score (nSPS) is 10.5. The Hall–Kier alpha value is -2.57. The second-order valence-corrected chi connectivity index (χ2v) is 6.63. The molecule has 128 valence electrons. The Balaban J connectivity index is 1.72. The van der Waals surface area contributed by atoms with E-state index in [4.69, 9.17) is 16.3 Å². The van der Waals surface area contributed by atoms with E-state index < -0.39 is 5.91 Å². The lowest BCUT2D eigenvalue weighted by Crippen LogP contribution is -2.12. The van der Waals surface area contributed by atoms with Gasteiger partial charge in [-0.1, -0.05) is 41.4 Å². The van der Waals surface area contributed by atoms with Gasteiger partial charge in [-0.15, -0.1) is 11.3 Å². The molecule has 2 N–H and O–H groups in total. The molecule has 0 fully saturated rings. The molecule has 0 atom stereocenters. The van der Waals surface area contributed by atoms with Gasteiger partial charge in [-0.25, -0.2) is 4.98 Å². The smallest absolute Gasteiger partial charge is 0.261 e. The van der Waals surface area contributed by atoms with E-state index in [0.717, 1.165) is 11.1 Å². The van der Waals surface area contributed by atoms with E-state index in [1.54, 1.807) is 11.4 Å². The summed E-state index contributed by atoms with van der Waals surface area (Å²) in [5.74, 6) is -0.130. The minimum absolute atomic E-state index is 0.105. The van der Waals surface area contributed by atoms with Crippen molar-refractivity contribution in [3.63, 3.8) is 0 Å². The number of aromatic hydroxyl groups is 1. The summed E-state index contributed by atoms with van der Waals surface area (Å²) in [4.78, 5) is 16.3. The molecule has 1 heterocycles. The highest BCUT2D eigenvalue weighted by molar-refractivity contribution is 7.14.